The maximum atomic E-state index is 13.4. The van der Waals surface area contributed by atoms with Crippen LogP contribution >= 0.6 is 0 Å². The Labute approximate surface area is 198 Å². The molecule has 3 heterocycles. The smallest absolute Gasteiger partial charge is 0.349 e. The first-order valence-electron chi connectivity index (χ1n) is 12.3. The number of alkyl halides is 3. The van der Waals surface area contributed by atoms with Crippen LogP contribution in [0.1, 0.15) is 85.0 Å². The second-order valence-corrected chi connectivity index (χ2v) is 9.28. The van der Waals surface area contributed by atoms with E-state index in [4.69, 9.17) is 0 Å². The van der Waals surface area contributed by atoms with E-state index in [9.17, 15) is 18.0 Å². The van der Waals surface area contributed by atoms with Crippen molar-refractivity contribution in [2.45, 2.75) is 70.4 Å². The molecule has 0 saturated carbocycles. The number of amides is 1. The zero-order valence-corrected chi connectivity index (χ0v) is 19.6. The minimum Gasteiger partial charge on any atom is -0.349 e. The van der Waals surface area contributed by atoms with E-state index < -0.39 is 11.7 Å². The summed E-state index contributed by atoms with van der Waals surface area (Å²) in [6.07, 6.45) is 5.61. The van der Waals surface area contributed by atoms with E-state index in [0.717, 1.165) is 35.5 Å². The van der Waals surface area contributed by atoms with Gasteiger partial charge in [-0.1, -0.05) is 50.8 Å². The van der Waals surface area contributed by atoms with Crippen molar-refractivity contribution in [2.75, 3.05) is 13.1 Å². The number of halogens is 3. The van der Waals surface area contributed by atoms with Gasteiger partial charge in [-0.05, 0) is 60.9 Å². The van der Waals surface area contributed by atoms with Crippen LogP contribution in [0.15, 0.2) is 42.6 Å². The summed E-state index contributed by atoms with van der Waals surface area (Å²) in [5, 5.41) is 0. The number of hydrogen-bond donors (Lipinski definition) is 1. The molecular formula is C27H32F3N3O. The predicted octanol–water partition coefficient (Wildman–Crippen LogP) is 7.11. The fourth-order valence-corrected chi connectivity index (χ4v) is 4.91. The highest BCUT2D eigenvalue weighted by Crippen LogP contribution is 2.38. The van der Waals surface area contributed by atoms with Gasteiger partial charge in [-0.25, -0.2) is 0 Å². The largest absolute Gasteiger partial charge is 0.416 e. The molecule has 1 fully saturated rings. The van der Waals surface area contributed by atoms with Crippen LogP contribution in [0.5, 0.6) is 0 Å². The third-order valence-electron chi connectivity index (χ3n) is 6.81. The molecule has 7 heteroatoms. The van der Waals surface area contributed by atoms with Gasteiger partial charge in [0.25, 0.3) is 5.91 Å². The molecule has 1 N–H and O–H groups in total. The van der Waals surface area contributed by atoms with Crippen molar-refractivity contribution in [1.82, 2.24) is 14.9 Å². The van der Waals surface area contributed by atoms with Crippen molar-refractivity contribution < 1.29 is 18.0 Å². The molecule has 2 aromatic heterocycles. The fraction of sp³-hybridized carbons (Fsp3) is 0.481. The van der Waals surface area contributed by atoms with Crippen molar-refractivity contribution in [3.63, 3.8) is 0 Å². The molecule has 1 saturated heterocycles. The van der Waals surface area contributed by atoms with Gasteiger partial charge in [-0.2, -0.15) is 13.2 Å². The maximum Gasteiger partial charge on any atom is 0.416 e. The van der Waals surface area contributed by atoms with Gasteiger partial charge in [0.05, 0.1) is 16.6 Å². The predicted molar refractivity (Wildman–Crippen MR) is 128 cm³/mol. The van der Waals surface area contributed by atoms with E-state index in [1.807, 2.05) is 6.20 Å². The van der Waals surface area contributed by atoms with Crippen LogP contribution in [0.25, 0.3) is 11.0 Å². The van der Waals surface area contributed by atoms with E-state index in [1.54, 1.807) is 23.1 Å². The lowest BCUT2D eigenvalue weighted by Gasteiger charge is -2.33. The minimum atomic E-state index is -4.37. The van der Waals surface area contributed by atoms with Crippen LogP contribution in [0.4, 0.5) is 13.2 Å². The first kappa shape index (κ1) is 24.3. The molecule has 1 amide bonds. The monoisotopic (exact) mass is 471 g/mol. The number of aromatic amines is 1. The normalized spacial score (nSPS) is 15.2. The Morgan fingerprint density at radius 3 is 2.56 bits per heavy atom. The fourth-order valence-electron chi connectivity index (χ4n) is 4.91. The molecule has 0 atom stereocenters. The second-order valence-electron chi connectivity index (χ2n) is 9.28. The van der Waals surface area contributed by atoms with Gasteiger partial charge in [0.1, 0.15) is 5.69 Å². The standard InChI is InChI=1S/C27H32F3N3O/c1-2-3-4-5-6-9-19-16-24-23(31-18-19)17-25(32-24)26(34)33-14-12-20(13-15-33)21-10-7-8-11-22(21)27(28,29)30/h7-8,10-11,16-18,20,32H,2-6,9,12-15H2,1H3. The number of carbonyl (C=O) groups is 1. The summed E-state index contributed by atoms with van der Waals surface area (Å²) < 4.78 is 40.2. The molecule has 0 spiro atoms. The summed E-state index contributed by atoms with van der Waals surface area (Å²) in [5.41, 5.74) is 3.02. The number of likely N-dealkylation sites (tertiary alicyclic amines) is 1. The highest BCUT2D eigenvalue weighted by Gasteiger charge is 2.36. The molecule has 0 unspecified atom stereocenters. The summed E-state index contributed by atoms with van der Waals surface area (Å²) in [4.78, 5) is 22.5. The van der Waals surface area contributed by atoms with Gasteiger partial charge in [0, 0.05) is 19.3 Å². The average Bonchev–Trinajstić information content (AvgIpc) is 3.26. The summed E-state index contributed by atoms with van der Waals surface area (Å²) in [6.45, 7) is 3.07. The maximum absolute atomic E-state index is 13.4. The number of H-pyrrole nitrogens is 1. The van der Waals surface area contributed by atoms with Gasteiger partial charge >= 0.3 is 6.18 Å². The lowest BCUT2D eigenvalue weighted by atomic mass is 9.86. The number of fused-ring (bicyclic) bond motifs is 1. The van der Waals surface area contributed by atoms with E-state index in [-0.39, 0.29) is 11.8 Å². The first-order chi connectivity index (χ1) is 16.4. The SMILES string of the molecule is CCCCCCCc1cnc2cc(C(=O)N3CCC(c4ccccc4C(F)(F)F)CC3)[nH]c2c1. The van der Waals surface area contributed by atoms with Crippen LogP contribution in [-0.2, 0) is 12.6 Å². The van der Waals surface area contributed by atoms with Crippen LogP contribution in [0, 0.1) is 0 Å². The molecule has 1 aliphatic heterocycles. The van der Waals surface area contributed by atoms with Crippen LogP contribution in [-0.4, -0.2) is 33.9 Å². The van der Waals surface area contributed by atoms with Gasteiger partial charge in [-0.15, -0.1) is 0 Å². The Balaban J connectivity index is 1.38. The zero-order chi connectivity index (χ0) is 24.1. The number of pyridine rings is 1. The summed E-state index contributed by atoms with van der Waals surface area (Å²) >= 11 is 0. The Bertz CT molecular complexity index is 1110. The summed E-state index contributed by atoms with van der Waals surface area (Å²) in [5.74, 6) is -0.326. The molecule has 4 rings (SSSR count). The van der Waals surface area contributed by atoms with E-state index >= 15 is 0 Å². The molecular weight excluding hydrogens is 439 g/mol. The number of carbonyl (C=O) groups excluding carboxylic acids is 1. The number of rotatable bonds is 8. The third kappa shape index (κ3) is 5.62. The molecule has 1 aliphatic rings. The number of piperidine rings is 1. The van der Waals surface area contributed by atoms with Crippen LogP contribution < -0.4 is 0 Å². The topological polar surface area (TPSA) is 49.0 Å². The molecule has 3 aromatic rings. The zero-order valence-electron chi connectivity index (χ0n) is 19.6. The Hall–Kier alpha value is -2.83. The molecule has 0 bridgehead atoms. The molecule has 182 valence electrons. The van der Waals surface area contributed by atoms with Crippen molar-refractivity contribution in [3.05, 3.63) is 65.0 Å². The lowest BCUT2D eigenvalue weighted by Crippen LogP contribution is -2.38. The molecule has 0 aliphatic carbocycles. The number of nitrogens with one attached hydrogen (secondary N) is 1. The number of aromatic nitrogens is 2. The van der Waals surface area contributed by atoms with Crippen molar-refractivity contribution in [2.24, 2.45) is 0 Å². The highest BCUT2D eigenvalue weighted by atomic mass is 19.4. The number of unbranched alkanes of at least 4 members (excludes halogenated alkanes) is 4. The molecule has 0 radical (unpaired) electrons. The van der Waals surface area contributed by atoms with Crippen molar-refractivity contribution in [3.8, 4) is 0 Å². The number of hydrogen-bond acceptors (Lipinski definition) is 2. The quantitative estimate of drug-likeness (QED) is 0.356. The second kappa shape index (κ2) is 10.6. The Kier molecular flexibility index (Phi) is 7.59. The van der Waals surface area contributed by atoms with Crippen LogP contribution in [0.2, 0.25) is 0 Å². The minimum absolute atomic E-state index is 0.123. The Morgan fingerprint density at radius 2 is 1.82 bits per heavy atom. The first-order valence-corrected chi connectivity index (χ1v) is 12.3. The molecule has 4 nitrogen and oxygen atoms in total. The average molecular weight is 472 g/mol. The van der Waals surface area contributed by atoms with Crippen molar-refractivity contribution in [1.29, 1.82) is 0 Å². The number of aryl methyl sites for hydroxylation is 1. The van der Waals surface area contributed by atoms with Gasteiger partial charge in [-0.3, -0.25) is 9.78 Å². The summed E-state index contributed by atoms with van der Waals surface area (Å²) in [6, 6.07) is 9.62. The molecule has 1 aromatic carbocycles. The van der Waals surface area contributed by atoms with E-state index in [2.05, 4.69) is 23.0 Å². The Morgan fingerprint density at radius 1 is 1.09 bits per heavy atom. The summed E-state index contributed by atoms with van der Waals surface area (Å²) in [7, 11) is 0. The van der Waals surface area contributed by atoms with E-state index in [1.165, 1.54) is 31.7 Å². The van der Waals surface area contributed by atoms with E-state index in [0.29, 0.717) is 37.2 Å². The van der Waals surface area contributed by atoms with Crippen molar-refractivity contribution >= 4 is 16.9 Å². The number of nitrogens with zero attached hydrogens (tertiary/aromatic N) is 2. The molecule has 34 heavy (non-hydrogen) atoms. The van der Waals surface area contributed by atoms with Gasteiger partial charge in [0.15, 0.2) is 0 Å². The van der Waals surface area contributed by atoms with Gasteiger partial charge in [0.2, 0.25) is 0 Å². The highest BCUT2D eigenvalue weighted by molar-refractivity contribution is 5.97. The number of benzene rings is 1. The third-order valence-corrected chi connectivity index (χ3v) is 6.81. The van der Waals surface area contributed by atoms with Crippen LogP contribution in [0.3, 0.4) is 0 Å². The lowest BCUT2D eigenvalue weighted by molar-refractivity contribution is -0.138. The van der Waals surface area contributed by atoms with Gasteiger partial charge < -0.3 is 9.88 Å².